The topological polar surface area (TPSA) is 0 Å². The second-order valence-electron chi connectivity index (χ2n) is 2.47. The maximum atomic E-state index is 5.63. The van der Waals surface area contributed by atoms with Gasteiger partial charge in [-0.05, 0) is 19.8 Å². The van der Waals surface area contributed by atoms with Gasteiger partial charge in [-0.15, -0.1) is 11.6 Å². The molecule has 1 heteroatoms. The van der Waals surface area contributed by atoms with Crippen LogP contribution in [0.25, 0.3) is 0 Å². The summed E-state index contributed by atoms with van der Waals surface area (Å²) in [6.07, 6.45) is 6.64. The maximum Gasteiger partial charge on any atom is 0.0436 e. The van der Waals surface area contributed by atoms with E-state index in [1.807, 2.05) is 0 Å². The first-order chi connectivity index (χ1) is 4.33. The molecule has 0 heterocycles. The van der Waals surface area contributed by atoms with E-state index in [0.717, 1.165) is 6.42 Å². The van der Waals surface area contributed by atoms with Crippen molar-refractivity contribution in [2.24, 2.45) is 0 Å². The highest BCUT2D eigenvalue weighted by Gasteiger charge is 1.99. The molecule has 0 aromatic carbocycles. The van der Waals surface area contributed by atoms with Crippen LogP contribution in [0.4, 0.5) is 0 Å². The number of hydrogen-bond acceptors (Lipinski definition) is 0. The molecule has 0 N–H and O–H groups in total. The fourth-order valence-corrected chi connectivity index (χ4v) is 1.12. The van der Waals surface area contributed by atoms with Crippen LogP contribution in [0, 0.1) is 0 Å². The average molecular weight is 143 g/mol. The minimum atomic E-state index is 0.698. The molecule has 0 spiro atoms. The number of halogens is 1. The molecule has 0 saturated heterocycles. The lowest BCUT2D eigenvalue weighted by atomic mass is 10.0. The van der Waals surface area contributed by atoms with Gasteiger partial charge in [-0.3, -0.25) is 0 Å². The van der Waals surface area contributed by atoms with Gasteiger partial charge >= 0.3 is 0 Å². The van der Waals surface area contributed by atoms with E-state index >= 15 is 0 Å². The van der Waals surface area contributed by atoms with Gasteiger partial charge in [0.05, 0.1) is 0 Å². The fraction of sp³-hybridized carbons (Fsp3) is 0.500. The number of alkyl halides is 1. The molecule has 0 atom stereocenters. The van der Waals surface area contributed by atoms with E-state index in [1.54, 1.807) is 0 Å². The fourth-order valence-electron chi connectivity index (χ4n) is 0.896. The molecule has 0 nitrogen and oxygen atoms in total. The molecule has 0 amide bonds. The molecule has 50 valence electrons. The molecule has 1 rings (SSSR count). The van der Waals surface area contributed by atoms with Crippen LogP contribution in [0.1, 0.15) is 19.8 Å². The third-order valence-corrected chi connectivity index (χ3v) is 1.96. The van der Waals surface area contributed by atoms with Crippen molar-refractivity contribution in [1.29, 1.82) is 0 Å². The van der Waals surface area contributed by atoms with E-state index in [-0.39, 0.29) is 0 Å². The normalized spacial score (nSPS) is 18.9. The molecule has 9 heavy (non-hydrogen) atoms. The van der Waals surface area contributed by atoms with Crippen molar-refractivity contribution in [2.75, 3.05) is 5.88 Å². The third kappa shape index (κ3) is 1.87. The Labute approximate surface area is 61.2 Å². The van der Waals surface area contributed by atoms with E-state index in [1.165, 1.54) is 17.6 Å². The molecule has 0 saturated carbocycles. The lowest BCUT2D eigenvalue weighted by Gasteiger charge is -2.07. The van der Waals surface area contributed by atoms with Gasteiger partial charge in [0.2, 0.25) is 0 Å². The van der Waals surface area contributed by atoms with E-state index in [0.29, 0.717) is 5.88 Å². The molecule has 0 aromatic rings. The van der Waals surface area contributed by atoms with Crippen LogP contribution in [-0.4, -0.2) is 5.88 Å². The Morgan fingerprint density at radius 3 is 2.67 bits per heavy atom. The molecule has 0 aliphatic heterocycles. The van der Waals surface area contributed by atoms with Crippen molar-refractivity contribution >= 4 is 11.6 Å². The Hall–Kier alpha value is -0.230. The lowest BCUT2D eigenvalue weighted by Crippen LogP contribution is -1.91. The highest BCUT2D eigenvalue weighted by Crippen LogP contribution is 2.17. The first-order valence-corrected chi connectivity index (χ1v) is 3.77. The predicted octanol–water partition coefficient (Wildman–Crippen LogP) is 2.89. The average Bonchev–Trinajstić information content (AvgIpc) is 1.90. The smallest absolute Gasteiger partial charge is 0.0436 e. The Balaban J connectivity index is 2.59. The van der Waals surface area contributed by atoms with E-state index < -0.39 is 0 Å². The predicted molar refractivity (Wildman–Crippen MR) is 41.8 cm³/mol. The SMILES string of the molecule is CC1=CC=C(CCl)CC1. The van der Waals surface area contributed by atoms with Gasteiger partial charge in [-0.1, -0.05) is 23.3 Å². The lowest BCUT2D eigenvalue weighted by molar-refractivity contribution is 0.908. The molecule has 0 fully saturated rings. The summed E-state index contributed by atoms with van der Waals surface area (Å²) in [7, 11) is 0. The van der Waals surface area contributed by atoms with E-state index in [4.69, 9.17) is 11.6 Å². The van der Waals surface area contributed by atoms with Crippen molar-refractivity contribution in [3.8, 4) is 0 Å². The Bertz CT molecular complexity index is 154. The van der Waals surface area contributed by atoms with Crippen LogP contribution in [-0.2, 0) is 0 Å². The molecule has 0 radical (unpaired) electrons. The van der Waals surface area contributed by atoms with Crippen molar-refractivity contribution in [3.05, 3.63) is 23.3 Å². The van der Waals surface area contributed by atoms with Gasteiger partial charge in [0.25, 0.3) is 0 Å². The minimum absolute atomic E-state index is 0.698. The zero-order valence-corrected chi connectivity index (χ0v) is 6.41. The number of allylic oxidation sites excluding steroid dienone is 4. The summed E-state index contributed by atoms with van der Waals surface area (Å²) in [5.74, 6) is 0.698. The highest BCUT2D eigenvalue weighted by atomic mass is 35.5. The van der Waals surface area contributed by atoms with Crippen LogP contribution in [0.15, 0.2) is 23.3 Å². The van der Waals surface area contributed by atoms with Crippen LogP contribution >= 0.6 is 11.6 Å². The summed E-state index contributed by atoms with van der Waals surface area (Å²) in [6, 6.07) is 0. The van der Waals surface area contributed by atoms with Crippen LogP contribution < -0.4 is 0 Å². The minimum Gasteiger partial charge on any atom is -0.122 e. The molecule has 0 unspecified atom stereocenters. The van der Waals surface area contributed by atoms with Crippen molar-refractivity contribution < 1.29 is 0 Å². The molecular weight excluding hydrogens is 132 g/mol. The Kier molecular flexibility index (Phi) is 2.35. The third-order valence-electron chi connectivity index (χ3n) is 1.62. The van der Waals surface area contributed by atoms with Crippen LogP contribution in [0.5, 0.6) is 0 Å². The van der Waals surface area contributed by atoms with E-state index in [2.05, 4.69) is 19.1 Å². The summed E-state index contributed by atoms with van der Waals surface area (Å²) < 4.78 is 0. The second kappa shape index (κ2) is 3.07. The van der Waals surface area contributed by atoms with Gasteiger partial charge in [0.15, 0.2) is 0 Å². The standard InChI is InChI=1S/C8H11Cl/c1-7-2-4-8(6-9)5-3-7/h2,4H,3,5-6H2,1H3. The van der Waals surface area contributed by atoms with Crippen molar-refractivity contribution in [1.82, 2.24) is 0 Å². The number of hydrogen-bond donors (Lipinski definition) is 0. The summed E-state index contributed by atoms with van der Waals surface area (Å²) in [5.41, 5.74) is 2.83. The zero-order chi connectivity index (χ0) is 6.69. The highest BCUT2D eigenvalue weighted by molar-refractivity contribution is 6.19. The largest absolute Gasteiger partial charge is 0.122 e. The quantitative estimate of drug-likeness (QED) is 0.494. The molecule has 1 aliphatic rings. The molecule has 0 bridgehead atoms. The molecule has 1 aliphatic carbocycles. The van der Waals surface area contributed by atoms with Gasteiger partial charge in [-0.25, -0.2) is 0 Å². The second-order valence-corrected chi connectivity index (χ2v) is 2.74. The summed E-state index contributed by atoms with van der Waals surface area (Å²) in [5, 5.41) is 0. The first-order valence-electron chi connectivity index (χ1n) is 3.24. The van der Waals surface area contributed by atoms with Crippen molar-refractivity contribution in [2.45, 2.75) is 19.8 Å². The summed E-state index contributed by atoms with van der Waals surface area (Å²) in [6.45, 7) is 2.15. The first kappa shape index (κ1) is 6.88. The Morgan fingerprint density at radius 2 is 2.22 bits per heavy atom. The molecular formula is C8H11Cl. The van der Waals surface area contributed by atoms with Crippen LogP contribution in [0.2, 0.25) is 0 Å². The summed E-state index contributed by atoms with van der Waals surface area (Å²) in [4.78, 5) is 0. The van der Waals surface area contributed by atoms with Crippen LogP contribution in [0.3, 0.4) is 0 Å². The number of rotatable bonds is 1. The van der Waals surface area contributed by atoms with Gasteiger partial charge in [-0.2, -0.15) is 0 Å². The van der Waals surface area contributed by atoms with Gasteiger partial charge in [0, 0.05) is 5.88 Å². The monoisotopic (exact) mass is 142 g/mol. The van der Waals surface area contributed by atoms with E-state index in [9.17, 15) is 0 Å². The van der Waals surface area contributed by atoms with Crippen molar-refractivity contribution in [3.63, 3.8) is 0 Å². The summed E-state index contributed by atoms with van der Waals surface area (Å²) >= 11 is 5.63. The van der Waals surface area contributed by atoms with Gasteiger partial charge in [0.1, 0.15) is 0 Å². The zero-order valence-electron chi connectivity index (χ0n) is 5.65. The van der Waals surface area contributed by atoms with Gasteiger partial charge < -0.3 is 0 Å². The maximum absolute atomic E-state index is 5.63. The Morgan fingerprint density at radius 1 is 1.44 bits per heavy atom. The molecule has 0 aromatic heterocycles.